The first kappa shape index (κ1) is 15.6. The number of aromatic nitrogens is 3. The van der Waals surface area contributed by atoms with Gasteiger partial charge in [-0.25, -0.2) is 4.98 Å². The lowest BCUT2D eigenvalue weighted by molar-refractivity contribution is 0.0693. The number of amides is 1. The highest BCUT2D eigenvalue weighted by atomic mass is 35.5. The number of carbonyl (C=O) groups is 1. The number of nitrogens with one attached hydrogen (secondary N) is 1. The summed E-state index contributed by atoms with van der Waals surface area (Å²) in [6.07, 6.45) is 3.10. The van der Waals surface area contributed by atoms with E-state index in [1.807, 2.05) is 0 Å². The van der Waals surface area contributed by atoms with Gasteiger partial charge in [0.15, 0.2) is 5.69 Å². The summed E-state index contributed by atoms with van der Waals surface area (Å²) in [5.41, 5.74) is 0.248. The summed E-state index contributed by atoms with van der Waals surface area (Å²) in [6.45, 7) is 1.33. The maximum Gasteiger partial charge on any atom is 0.272 e. The summed E-state index contributed by atoms with van der Waals surface area (Å²) in [5, 5.41) is 11.1. The minimum atomic E-state index is -0.246. The molecule has 1 aliphatic rings. The van der Waals surface area contributed by atoms with E-state index >= 15 is 0 Å². The third-order valence-electron chi connectivity index (χ3n) is 3.35. The number of ether oxygens (including phenoxy) is 2. The molecule has 0 spiro atoms. The van der Waals surface area contributed by atoms with Gasteiger partial charge < -0.3 is 14.8 Å². The van der Waals surface area contributed by atoms with Crippen molar-refractivity contribution >= 4 is 17.5 Å². The third-order valence-corrected chi connectivity index (χ3v) is 3.58. The largest absolute Gasteiger partial charge is 0.436 e. The standard InChI is InChI=1S/C15H15ClN4O3/c16-13-3-1-11(9-17-13)23-14-4-2-12(19-20-14)15(21)18-10-5-7-22-8-6-10/h1-4,9-10H,5-8H2,(H,18,21). The molecule has 0 saturated carbocycles. The minimum Gasteiger partial charge on any atom is -0.436 e. The van der Waals surface area contributed by atoms with Gasteiger partial charge in [0.25, 0.3) is 5.91 Å². The van der Waals surface area contributed by atoms with Gasteiger partial charge in [0, 0.05) is 25.3 Å². The van der Waals surface area contributed by atoms with Crippen LogP contribution in [0.3, 0.4) is 0 Å². The van der Waals surface area contributed by atoms with Crippen molar-refractivity contribution in [2.75, 3.05) is 13.2 Å². The molecule has 23 heavy (non-hydrogen) atoms. The number of halogens is 1. The van der Waals surface area contributed by atoms with Crippen LogP contribution in [0.15, 0.2) is 30.5 Å². The van der Waals surface area contributed by atoms with E-state index in [9.17, 15) is 4.79 Å². The molecular weight excluding hydrogens is 320 g/mol. The maximum atomic E-state index is 12.1. The summed E-state index contributed by atoms with van der Waals surface area (Å²) < 4.78 is 10.7. The highest BCUT2D eigenvalue weighted by molar-refractivity contribution is 6.29. The van der Waals surface area contributed by atoms with Crippen molar-refractivity contribution in [3.05, 3.63) is 41.3 Å². The molecule has 8 heteroatoms. The van der Waals surface area contributed by atoms with Gasteiger partial charge in [-0.2, -0.15) is 0 Å². The van der Waals surface area contributed by atoms with E-state index in [-0.39, 0.29) is 23.5 Å². The number of pyridine rings is 1. The molecule has 2 aromatic rings. The van der Waals surface area contributed by atoms with E-state index in [0.717, 1.165) is 12.8 Å². The molecule has 3 rings (SSSR count). The summed E-state index contributed by atoms with van der Waals surface area (Å²) in [5.74, 6) is 0.518. The fourth-order valence-corrected chi connectivity index (χ4v) is 2.25. The van der Waals surface area contributed by atoms with Crippen LogP contribution in [0, 0.1) is 0 Å². The van der Waals surface area contributed by atoms with Gasteiger partial charge in [0.05, 0.1) is 6.20 Å². The van der Waals surface area contributed by atoms with Crippen LogP contribution in [0.5, 0.6) is 11.6 Å². The van der Waals surface area contributed by atoms with Crippen molar-refractivity contribution < 1.29 is 14.3 Å². The number of hydrogen-bond donors (Lipinski definition) is 1. The van der Waals surface area contributed by atoms with E-state index in [1.54, 1.807) is 24.3 Å². The molecule has 0 unspecified atom stereocenters. The van der Waals surface area contributed by atoms with Crippen LogP contribution >= 0.6 is 11.6 Å². The topological polar surface area (TPSA) is 86.2 Å². The second-order valence-electron chi connectivity index (χ2n) is 5.04. The van der Waals surface area contributed by atoms with Crippen molar-refractivity contribution in [2.45, 2.75) is 18.9 Å². The van der Waals surface area contributed by atoms with Crippen LogP contribution in [0.25, 0.3) is 0 Å². The van der Waals surface area contributed by atoms with Gasteiger partial charge >= 0.3 is 0 Å². The number of carbonyl (C=O) groups excluding carboxylic acids is 1. The zero-order valence-electron chi connectivity index (χ0n) is 12.2. The molecule has 1 aliphatic heterocycles. The van der Waals surface area contributed by atoms with E-state index in [0.29, 0.717) is 24.1 Å². The molecular formula is C15H15ClN4O3. The van der Waals surface area contributed by atoms with Crippen LogP contribution in [0.2, 0.25) is 5.15 Å². The Morgan fingerprint density at radius 2 is 2.04 bits per heavy atom. The predicted octanol–water partition coefficient (Wildman–Crippen LogP) is 2.23. The Kier molecular flexibility index (Phi) is 4.99. The van der Waals surface area contributed by atoms with E-state index in [1.165, 1.54) is 6.20 Å². The van der Waals surface area contributed by atoms with Gasteiger partial charge in [0.2, 0.25) is 5.88 Å². The summed E-state index contributed by atoms with van der Waals surface area (Å²) >= 11 is 5.70. The fraction of sp³-hybridized carbons (Fsp3) is 0.333. The molecule has 1 saturated heterocycles. The third kappa shape index (κ3) is 4.37. The molecule has 0 aromatic carbocycles. The van der Waals surface area contributed by atoms with Crippen molar-refractivity contribution in [3.8, 4) is 11.6 Å². The van der Waals surface area contributed by atoms with Crippen LogP contribution in [0.1, 0.15) is 23.3 Å². The second kappa shape index (κ2) is 7.34. The summed E-state index contributed by atoms with van der Waals surface area (Å²) in [6, 6.07) is 6.55. The molecule has 0 bridgehead atoms. The molecule has 0 atom stereocenters. The summed E-state index contributed by atoms with van der Waals surface area (Å²) in [7, 11) is 0. The molecule has 1 amide bonds. The Balaban J connectivity index is 1.59. The molecule has 7 nitrogen and oxygen atoms in total. The lowest BCUT2D eigenvalue weighted by Gasteiger charge is -2.22. The molecule has 1 N–H and O–H groups in total. The monoisotopic (exact) mass is 334 g/mol. The lowest BCUT2D eigenvalue weighted by Crippen LogP contribution is -2.39. The Hall–Kier alpha value is -2.25. The Labute approximate surface area is 138 Å². The normalized spacial score (nSPS) is 15.2. The van der Waals surface area contributed by atoms with Crippen LogP contribution in [-0.4, -0.2) is 40.3 Å². The Morgan fingerprint density at radius 1 is 1.22 bits per heavy atom. The van der Waals surface area contributed by atoms with Crippen molar-refractivity contribution in [3.63, 3.8) is 0 Å². The zero-order valence-corrected chi connectivity index (χ0v) is 13.0. The predicted molar refractivity (Wildman–Crippen MR) is 82.7 cm³/mol. The highest BCUT2D eigenvalue weighted by Crippen LogP contribution is 2.19. The van der Waals surface area contributed by atoms with Crippen molar-refractivity contribution in [2.24, 2.45) is 0 Å². The summed E-state index contributed by atoms with van der Waals surface area (Å²) in [4.78, 5) is 16.0. The van der Waals surface area contributed by atoms with Crippen LogP contribution in [0.4, 0.5) is 0 Å². The average Bonchev–Trinajstić information content (AvgIpc) is 2.58. The quantitative estimate of drug-likeness (QED) is 0.863. The molecule has 1 fully saturated rings. The number of nitrogens with zero attached hydrogens (tertiary/aromatic N) is 3. The minimum absolute atomic E-state index is 0.120. The van der Waals surface area contributed by atoms with Gasteiger partial charge in [-0.15, -0.1) is 10.2 Å². The lowest BCUT2D eigenvalue weighted by atomic mass is 10.1. The van der Waals surface area contributed by atoms with Crippen molar-refractivity contribution in [1.29, 1.82) is 0 Å². The van der Waals surface area contributed by atoms with Gasteiger partial charge in [-0.05, 0) is 31.0 Å². The first-order valence-corrected chi connectivity index (χ1v) is 7.60. The van der Waals surface area contributed by atoms with Gasteiger partial charge in [-0.3, -0.25) is 4.79 Å². The second-order valence-corrected chi connectivity index (χ2v) is 5.42. The van der Waals surface area contributed by atoms with E-state index in [4.69, 9.17) is 21.1 Å². The Morgan fingerprint density at radius 3 is 2.70 bits per heavy atom. The maximum absolute atomic E-state index is 12.1. The van der Waals surface area contributed by atoms with E-state index < -0.39 is 0 Å². The number of hydrogen-bond acceptors (Lipinski definition) is 6. The molecule has 0 radical (unpaired) electrons. The average molecular weight is 335 g/mol. The molecule has 3 heterocycles. The van der Waals surface area contributed by atoms with Crippen LogP contribution in [-0.2, 0) is 4.74 Å². The first-order chi connectivity index (χ1) is 11.2. The van der Waals surface area contributed by atoms with Gasteiger partial charge in [0.1, 0.15) is 10.9 Å². The van der Waals surface area contributed by atoms with Crippen molar-refractivity contribution in [1.82, 2.24) is 20.5 Å². The highest BCUT2D eigenvalue weighted by Gasteiger charge is 2.18. The molecule has 120 valence electrons. The zero-order chi connectivity index (χ0) is 16.1. The van der Waals surface area contributed by atoms with Gasteiger partial charge in [-0.1, -0.05) is 11.6 Å². The molecule has 0 aliphatic carbocycles. The van der Waals surface area contributed by atoms with E-state index in [2.05, 4.69) is 20.5 Å². The fourth-order valence-electron chi connectivity index (χ4n) is 2.14. The Bertz CT molecular complexity index is 657. The number of rotatable bonds is 4. The van der Waals surface area contributed by atoms with Crippen LogP contribution < -0.4 is 10.1 Å². The first-order valence-electron chi connectivity index (χ1n) is 7.22. The molecule has 2 aromatic heterocycles. The SMILES string of the molecule is O=C(NC1CCOCC1)c1ccc(Oc2ccc(Cl)nc2)nn1. The smallest absolute Gasteiger partial charge is 0.272 e.